The fourth-order valence-corrected chi connectivity index (χ4v) is 4.18. The third-order valence-electron chi connectivity index (χ3n) is 5.13. The molecule has 0 aromatic carbocycles. The highest BCUT2D eigenvalue weighted by molar-refractivity contribution is 5.23. The van der Waals surface area contributed by atoms with Gasteiger partial charge < -0.3 is 5.11 Å². The third kappa shape index (κ3) is 2.53. The molecule has 2 bridgehead atoms. The van der Waals surface area contributed by atoms with E-state index in [9.17, 15) is 5.11 Å². The molecule has 2 fully saturated rings. The Bertz CT molecular complexity index is 460. The van der Waals surface area contributed by atoms with E-state index >= 15 is 0 Å². The summed E-state index contributed by atoms with van der Waals surface area (Å²) < 4.78 is 0. The molecule has 104 valence electrons. The van der Waals surface area contributed by atoms with Crippen molar-refractivity contribution in [1.82, 2.24) is 10.2 Å². The maximum absolute atomic E-state index is 10.6. The summed E-state index contributed by atoms with van der Waals surface area (Å²) in [5.74, 6) is 2.55. The van der Waals surface area contributed by atoms with Crippen LogP contribution in [0.3, 0.4) is 0 Å². The fourth-order valence-electron chi connectivity index (χ4n) is 4.18. The zero-order valence-corrected chi connectivity index (χ0v) is 12.0. The molecule has 19 heavy (non-hydrogen) atoms. The molecular weight excluding hydrogens is 236 g/mol. The molecule has 1 aromatic heterocycles. The van der Waals surface area contributed by atoms with E-state index in [1.165, 1.54) is 25.7 Å². The van der Waals surface area contributed by atoms with Crippen LogP contribution < -0.4 is 0 Å². The van der Waals surface area contributed by atoms with E-state index < -0.39 is 0 Å². The minimum absolute atomic E-state index is 0.353. The molecule has 2 saturated carbocycles. The molecule has 1 N–H and O–H groups in total. The largest absolute Gasteiger partial charge is 0.388 e. The first kappa shape index (κ1) is 13.0. The Morgan fingerprint density at radius 2 is 2.16 bits per heavy atom. The monoisotopic (exact) mass is 260 g/mol. The second kappa shape index (κ2) is 5.20. The summed E-state index contributed by atoms with van der Waals surface area (Å²) in [6.07, 6.45) is 6.96. The molecule has 3 heteroatoms. The summed E-state index contributed by atoms with van der Waals surface area (Å²) in [7, 11) is 0. The number of nitrogens with zero attached hydrogens (tertiary/aromatic N) is 2. The molecule has 1 aromatic rings. The molecule has 3 rings (SSSR count). The zero-order valence-electron chi connectivity index (χ0n) is 12.0. The maximum Gasteiger partial charge on any atom is 0.0811 e. The minimum atomic E-state index is -0.353. The van der Waals surface area contributed by atoms with E-state index in [2.05, 4.69) is 17.1 Å². The zero-order chi connectivity index (χ0) is 13.4. The van der Waals surface area contributed by atoms with Crippen molar-refractivity contribution < 1.29 is 5.11 Å². The number of aliphatic hydroxyl groups excluding tert-OH is 1. The number of fused-ring (bicyclic) bond motifs is 2. The van der Waals surface area contributed by atoms with Gasteiger partial charge in [0.15, 0.2) is 0 Å². The Labute approximate surface area is 115 Å². The lowest BCUT2D eigenvalue weighted by Gasteiger charge is -2.25. The van der Waals surface area contributed by atoms with Crippen LogP contribution in [-0.2, 0) is 6.42 Å². The van der Waals surface area contributed by atoms with Gasteiger partial charge in [0.1, 0.15) is 0 Å². The van der Waals surface area contributed by atoms with Crippen LogP contribution >= 0.6 is 0 Å². The second-order valence-electron chi connectivity index (χ2n) is 6.43. The van der Waals surface area contributed by atoms with Gasteiger partial charge in [-0.05, 0) is 62.8 Å². The van der Waals surface area contributed by atoms with Crippen LogP contribution in [0.1, 0.15) is 62.1 Å². The second-order valence-corrected chi connectivity index (χ2v) is 6.43. The lowest BCUT2D eigenvalue weighted by atomic mass is 9.83. The smallest absolute Gasteiger partial charge is 0.0811 e. The van der Waals surface area contributed by atoms with Gasteiger partial charge in [0.05, 0.1) is 17.5 Å². The average Bonchev–Trinajstić information content (AvgIpc) is 3.01. The van der Waals surface area contributed by atoms with Crippen LogP contribution in [0.4, 0.5) is 0 Å². The van der Waals surface area contributed by atoms with Crippen molar-refractivity contribution in [2.24, 2.45) is 17.8 Å². The van der Waals surface area contributed by atoms with Crippen molar-refractivity contribution in [3.63, 3.8) is 0 Å². The van der Waals surface area contributed by atoms with Gasteiger partial charge in [0, 0.05) is 5.56 Å². The number of rotatable bonds is 4. The van der Waals surface area contributed by atoms with E-state index in [1.807, 2.05) is 13.0 Å². The van der Waals surface area contributed by atoms with Crippen LogP contribution in [0.5, 0.6) is 0 Å². The van der Waals surface area contributed by atoms with E-state index in [1.54, 1.807) is 0 Å². The molecule has 3 nitrogen and oxygen atoms in total. The SMILES string of the molecule is CCc1nnc(C)cc1C(O)CC1CC2CCC1C2. The Morgan fingerprint density at radius 1 is 1.32 bits per heavy atom. The number of aryl methyl sites for hydroxylation is 2. The number of hydrogen-bond donors (Lipinski definition) is 1. The van der Waals surface area contributed by atoms with Gasteiger partial charge in [-0.2, -0.15) is 10.2 Å². The van der Waals surface area contributed by atoms with Crippen LogP contribution in [0.2, 0.25) is 0 Å². The van der Waals surface area contributed by atoms with Crippen LogP contribution in [0.25, 0.3) is 0 Å². The lowest BCUT2D eigenvalue weighted by Crippen LogP contribution is -2.16. The fraction of sp³-hybridized carbons (Fsp3) is 0.750. The van der Waals surface area contributed by atoms with Gasteiger partial charge in [-0.3, -0.25) is 0 Å². The van der Waals surface area contributed by atoms with Gasteiger partial charge in [-0.25, -0.2) is 0 Å². The van der Waals surface area contributed by atoms with E-state index in [0.29, 0.717) is 0 Å². The Morgan fingerprint density at radius 3 is 2.79 bits per heavy atom. The highest BCUT2D eigenvalue weighted by atomic mass is 16.3. The molecular formula is C16H24N2O. The van der Waals surface area contributed by atoms with Crippen molar-refractivity contribution in [1.29, 1.82) is 0 Å². The molecule has 4 unspecified atom stereocenters. The Balaban J connectivity index is 1.73. The van der Waals surface area contributed by atoms with Gasteiger partial charge in [-0.1, -0.05) is 13.3 Å². The molecule has 0 spiro atoms. The molecule has 0 aliphatic heterocycles. The number of aliphatic hydroxyl groups is 1. The summed E-state index contributed by atoms with van der Waals surface area (Å²) in [5.41, 5.74) is 2.87. The topological polar surface area (TPSA) is 46.0 Å². The molecule has 0 amide bonds. The molecule has 2 aliphatic rings. The minimum Gasteiger partial charge on any atom is -0.388 e. The van der Waals surface area contributed by atoms with Crippen molar-refractivity contribution in [3.8, 4) is 0 Å². The van der Waals surface area contributed by atoms with E-state index in [4.69, 9.17) is 0 Å². The highest BCUT2D eigenvalue weighted by Crippen LogP contribution is 2.51. The third-order valence-corrected chi connectivity index (χ3v) is 5.13. The van der Waals surface area contributed by atoms with Gasteiger partial charge >= 0.3 is 0 Å². The van der Waals surface area contributed by atoms with E-state index in [-0.39, 0.29) is 6.10 Å². The van der Waals surface area contributed by atoms with Gasteiger partial charge in [0.2, 0.25) is 0 Å². The summed E-state index contributed by atoms with van der Waals surface area (Å²) in [4.78, 5) is 0. The van der Waals surface area contributed by atoms with Crippen molar-refractivity contribution in [3.05, 3.63) is 23.0 Å². The Kier molecular flexibility index (Phi) is 3.57. The van der Waals surface area contributed by atoms with Crippen LogP contribution in [0, 0.1) is 24.7 Å². The normalized spacial score (nSPS) is 30.8. The quantitative estimate of drug-likeness (QED) is 0.904. The first-order valence-corrected chi connectivity index (χ1v) is 7.68. The predicted octanol–water partition coefficient (Wildman–Crippen LogP) is 3.21. The van der Waals surface area contributed by atoms with E-state index in [0.717, 1.165) is 47.5 Å². The number of hydrogen-bond acceptors (Lipinski definition) is 3. The number of aromatic nitrogens is 2. The highest BCUT2D eigenvalue weighted by Gasteiger charge is 2.40. The lowest BCUT2D eigenvalue weighted by molar-refractivity contribution is 0.124. The standard InChI is InChI=1S/C16H24N2O/c1-3-15-14(6-10(2)17-18-15)16(19)9-13-8-11-4-5-12(13)7-11/h6,11-13,16,19H,3-5,7-9H2,1-2H3. The van der Waals surface area contributed by atoms with Crippen LogP contribution in [-0.4, -0.2) is 15.3 Å². The summed E-state index contributed by atoms with van der Waals surface area (Å²) in [6.45, 7) is 4.02. The van der Waals surface area contributed by atoms with Crippen molar-refractivity contribution >= 4 is 0 Å². The molecule has 4 atom stereocenters. The Hall–Kier alpha value is -0.960. The summed E-state index contributed by atoms with van der Waals surface area (Å²) in [6, 6.07) is 2.02. The van der Waals surface area contributed by atoms with Crippen molar-refractivity contribution in [2.75, 3.05) is 0 Å². The maximum atomic E-state index is 10.6. The first-order valence-electron chi connectivity index (χ1n) is 7.68. The average molecular weight is 260 g/mol. The predicted molar refractivity (Wildman–Crippen MR) is 74.7 cm³/mol. The molecule has 0 radical (unpaired) electrons. The van der Waals surface area contributed by atoms with Crippen LogP contribution in [0.15, 0.2) is 6.07 Å². The molecule has 2 aliphatic carbocycles. The molecule has 1 heterocycles. The summed E-state index contributed by atoms with van der Waals surface area (Å²) >= 11 is 0. The first-order chi connectivity index (χ1) is 9.17. The van der Waals surface area contributed by atoms with Gasteiger partial charge in [0.25, 0.3) is 0 Å². The van der Waals surface area contributed by atoms with Crippen molar-refractivity contribution in [2.45, 2.75) is 58.5 Å². The van der Waals surface area contributed by atoms with Gasteiger partial charge in [-0.15, -0.1) is 0 Å². The summed E-state index contributed by atoms with van der Waals surface area (Å²) in [5, 5.41) is 18.9. The molecule has 0 saturated heterocycles.